The molecule has 3 nitrogen and oxygen atoms in total. The Kier molecular flexibility index (Phi) is 7.56. The monoisotopic (exact) mass is 317 g/mol. The molecule has 0 radical (unpaired) electrons. The molecule has 0 bridgehead atoms. The van der Waals surface area contributed by atoms with Crippen LogP contribution in [0, 0.1) is 5.92 Å². The Bertz CT molecular complexity index is 485. The molecule has 5 heteroatoms. The summed E-state index contributed by atoms with van der Waals surface area (Å²) >= 11 is 5.71. The summed E-state index contributed by atoms with van der Waals surface area (Å²) in [7, 11) is -3.41. The summed E-state index contributed by atoms with van der Waals surface area (Å²) in [5, 5.41) is 0. The van der Waals surface area contributed by atoms with Crippen molar-refractivity contribution in [3.05, 3.63) is 29.8 Å². The number of rotatable bonds is 9. The van der Waals surface area contributed by atoms with Gasteiger partial charge in [-0.05, 0) is 36.5 Å². The highest BCUT2D eigenvalue weighted by Crippen LogP contribution is 2.14. The van der Waals surface area contributed by atoms with Gasteiger partial charge in [-0.15, -0.1) is 11.6 Å². The second kappa shape index (κ2) is 8.65. The van der Waals surface area contributed by atoms with Gasteiger partial charge in [0, 0.05) is 12.4 Å². The number of aryl methyl sites for hydroxylation is 1. The zero-order chi connectivity index (χ0) is 15.0. The van der Waals surface area contributed by atoms with Crippen molar-refractivity contribution in [1.82, 2.24) is 4.72 Å². The van der Waals surface area contributed by atoms with Crippen LogP contribution in [0.3, 0.4) is 0 Å². The first kappa shape index (κ1) is 17.5. The molecule has 0 spiro atoms. The first-order chi connectivity index (χ1) is 9.53. The van der Waals surface area contributed by atoms with Gasteiger partial charge in [-0.2, -0.15) is 0 Å². The fourth-order valence-electron chi connectivity index (χ4n) is 2.04. The number of hydrogen-bond acceptors (Lipinski definition) is 2. The highest BCUT2D eigenvalue weighted by molar-refractivity contribution is 7.89. The lowest BCUT2D eigenvalue weighted by Gasteiger charge is -2.14. The first-order valence-electron chi connectivity index (χ1n) is 7.18. The van der Waals surface area contributed by atoms with E-state index in [0.717, 1.165) is 25.7 Å². The molecule has 1 rings (SSSR count). The molecule has 0 amide bonds. The molecule has 0 saturated carbocycles. The van der Waals surface area contributed by atoms with Crippen molar-refractivity contribution < 1.29 is 8.42 Å². The highest BCUT2D eigenvalue weighted by Gasteiger charge is 2.15. The molecule has 0 aliphatic rings. The minimum atomic E-state index is -3.41. The molecule has 20 heavy (non-hydrogen) atoms. The number of hydrogen-bond donors (Lipinski definition) is 1. The molecule has 1 unspecified atom stereocenters. The Hall–Kier alpha value is -0.580. The van der Waals surface area contributed by atoms with E-state index in [1.54, 1.807) is 12.1 Å². The van der Waals surface area contributed by atoms with E-state index in [1.165, 1.54) is 5.56 Å². The molecule has 114 valence electrons. The van der Waals surface area contributed by atoms with E-state index in [9.17, 15) is 8.42 Å². The summed E-state index contributed by atoms with van der Waals surface area (Å²) in [5.74, 6) is 0.855. The van der Waals surface area contributed by atoms with E-state index in [0.29, 0.717) is 23.2 Å². The maximum absolute atomic E-state index is 12.2. The van der Waals surface area contributed by atoms with Crippen LogP contribution >= 0.6 is 11.6 Å². The molecule has 1 aromatic carbocycles. The van der Waals surface area contributed by atoms with Crippen molar-refractivity contribution in [3.8, 4) is 0 Å². The predicted molar refractivity (Wildman–Crippen MR) is 84.7 cm³/mol. The lowest BCUT2D eigenvalue weighted by molar-refractivity contribution is 0.481. The van der Waals surface area contributed by atoms with E-state index in [-0.39, 0.29) is 0 Å². The lowest BCUT2D eigenvalue weighted by atomic mass is 10.0. The third-order valence-electron chi connectivity index (χ3n) is 3.43. The van der Waals surface area contributed by atoms with Crippen LogP contribution < -0.4 is 4.72 Å². The summed E-state index contributed by atoms with van der Waals surface area (Å²) < 4.78 is 27.0. The van der Waals surface area contributed by atoms with Gasteiger partial charge in [0.2, 0.25) is 10.0 Å². The van der Waals surface area contributed by atoms with Gasteiger partial charge in [-0.25, -0.2) is 13.1 Å². The summed E-state index contributed by atoms with van der Waals surface area (Å²) in [5.41, 5.74) is 1.17. The van der Waals surface area contributed by atoms with Crippen molar-refractivity contribution >= 4 is 21.6 Å². The molecular weight excluding hydrogens is 294 g/mol. The van der Waals surface area contributed by atoms with Crippen molar-refractivity contribution in [2.45, 2.75) is 44.4 Å². The van der Waals surface area contributed by atoms with E-state index in [2.05, 4.69) is 11.6 Å². The maximum atomic E-state index is 12.2. The third kappa shape index (κ3) is 5.43. The molecule has 0 heterocycles. The second-order valence-corrected chi connectivity index (χ2v) is 7.14. The molecule has 1 N–H and O–H groups in total. The fourth-order valence-corrected chi connectivity index (χ4v) is 3.46. The topological polar surface area (TPSA) is 46.2 Å². The van der Waals surface area contributed by atoms with Crippen LogP contribution in [0.5, 0.6) is 0 Å². The summed E-state index contributed by atoms with van der Waals surface area (Å²) in [4.78, 5) is 0.332. The van der Waals surface area contributed by atoms with Gasteiger partial charge in [-0.1, -0.05) is 38.8 Å². The minimum absolute atomic E-state index is 0.293. The third-order valence-corrected chi connectivity index (χ3v) is 5.09. The van der Waals surface area contributed by atoms with Gasteiger partial charge in [0.15, 0.2) is 0 Å². The standard InChI is InChI=1S/C15H24ClNO2S/c1-3-5-14-6-8-15(9-7-14)20(18,19)17-12-13(4-2)10-11-16/h6-9,13,17H,3-5,10-12H2,1-2H3. The van der Waals surface area contributed by atoms with E-state index in [1.807, 2.05) is 19.1 Å². The second-order valence-electron chi connectivity index (χ2n) is 5.00. The quantitative estimate of drug-likeness (QED) is 0.708. The molecular formula is C15H24ClNO2S. The molecule has 0 aliphatic carbocycles. The average molecular weight is 318 g/mol. The summed E-state index contributed by atoms with van der Waals surface area (Å²) in [6, 6.07) is 7.12. The number of sulfonamides is 1. The molecule has 0 aromatic heterocycles. The summed E-state index contributed by atoms with van der Waals surface area (Å²) in [6.45, 7) is 4.60. The van der Waals surface area contributed by atoms with Gasteiger partial charge in [0.25, 0.3) is 0 Å². The van der Waals surface area contributed by atoms with Crippen molar-refractivity contribution in [2.75, 3.05) is 12.4 Å². The van der Waals surface area contributed by atoms with Gasteiger partial charge in [0.05, 0.1) is 4.90 Å². The van der Waals surface area contributed by atoms with Crippen LogP contribution in [0.2, 0.25) is 0 Å². The Morgan fingerprint density at radius 2 is 1.85 bits per heavy atom. The molecule has 1 atom stereocenters. The Labute approximate surface area is 127 Å². The number of alkyl halides is 1. The van der Waals surface area contributed by atoms with Crippen molar-refractivity contribution in [2.24, 2.45) is 5.92 Å². The number of nitrogens with one attached hydrogen (secondary N) is 1. The van der Waals surface area contributed by atoms with Crippen LogP contribution in [0.25, 0.3) is 0 Å². The van der Waals surface area contributed by atoms with Gasteiger partial charge in [0.1, 0.15) is 0 Å². The molecule has 0 saturated heterocycles. The van der Waals surface area contributed by atoms with Crippen LogP contribution in [-0.2, 0) is 16.4 Å². The average Bonchev–Trinajstić information content (AvgIpc) is 2.44. The number of halogens is 1. The first-order valence-corrected chi connectivity index (χ1v) is 9.19. The van der Waals surface area contributed by atoms with E-state index < -0.39 is 10.0 Å². The van der Waals surface area contributed by atoms with E-state index in [4.69, 9.17) is 11.6 Å². The van der Waals surface area contributed by atoms with Crippen LogP contribution in [0.15, 0.2) is 29.2 Å². The molecule has 0 aliphatic heterocycles. The van der Waals surface area contributed by atoms with Crippen LogP contribution in [0.4, 0.5) is 0 Å². The Balaban J connectivity index is 2.68. The Morgan fingerprint density at radius 1 is 1.20 bits per heavy atom. The summed E-state index contributed by atoms with van der Waals surface area (Å²) in [6.07, 6.45) is 3.78. The van der Waals surface area contributed by atoms with E-state index >= 15 is 0 Å². The largest absolute Gasteiger partial charge is 0.240 e. The zero-order valence-electron chi connectivity index (χ0n) is 12.2. The van der Waals surface area contributed by atoms with Crippen LogP contribution in [-0.4, -0.2) is 20.8 Å². The van der Waals surface area contributed by atoms with Gasteiger partial charge in [-0.3, -0.25) is 0 Å². The molecule has 1 aromatic rings. The maximum Gasteiger partial charge on any atom is 0.240 e. The smallest absolute Gasteiger partial charge is 0.211 e. The zero-order valence-corrected chi connectivity index (χ0v) is 13.8. The predicted octanol–water partition coefficient (Wildman–Crippen LogP) is 3.57. The van der Waals surface area contributed by atoms with Gasteiger partial charge >= 0.3 is 0 Å². The SMILES string of the molecule is CCCc1ccc(S(=O)(=O)NCC(CC)CCCl)cc1. The lowest BCUT2D eigenvalue weighted by Crippen LogP contribution is -2.29. The number of benzene rings is 1. The fraction of sp³-hybridized carbons (Fsp3) is 0.600. The molecule has 0 fully saturated rings. The van der Waals surface area contributed by atoms with Crippen molar-refractivity contribution in [3.63, 3.8) is 0 Å². The minimum Gasteiger partial charge on any atom is -0.211 e. The van der Waals surface area contributed by atoms with Gasteiger partial charge < -0.3 is 0 Å². The normalized spacial score (nSPS) is 13.3. The Morgan fingerprint density at radius 3 is 2.35 bits per heavy atom. The van der Waals surface area contributed by atoms with Crippen molar-refractivity contribution in [1.29, 1.82) is 0 Å². The highest BCUT2D eigenvalue weighted by atomic mass is 35.5. The van der Waals surface area contributed by atoms with Crippen LogP contribution in [0.1, 0.15) is 38.7 Å².